The lowest BCUT2D eigenvalue weighted by Gasteiger charge is -2.09. The molecule has 7 nitrogen and oxygen atoms in total. The van der Waals surface area contributed by atoms with E-state index in [2.05, 4.69) is 20.9 Å². The van der Waals surface area contributed by atoms with Crippen LogP contribution >= 0.6 is 11.6 Å². The molecule has 1 aliphatic rings. The van der Waals surface area contributed by atoms with Gasteiger partial charge in [-0.3, -0.25) is 14.3 Å². The Hall–Kier alpha value is -3.16. The molecule has 0 atom stereocenters. The van der Waals surface area contributed by atoms with Crippen LogP contribution in [0.1, 0.15) is 30.8 Å². The Morgan fingerprint density at radius 2 is 1.94 bits per heavy atom. The lowest BCUT2D eigenvalue weighted by atomic mass is 10.1. The van der Waals surface area contributed by atoms with Crippen LogP contribution in [0, 0.1) is 0 Å². The van der Waals surface area contributed by atoms with Crippen molar-refractivity contribution in [3.8, 4) is 11.6 Å². The molecule has 8 heteroatoms. The molecule has 4 aromatic rings. The average molecular weight is 466 g/mol. The summed E-state index contributed by atoms with van der Waals surface area (Å²) in [6, 6.07) is 10.8. The van der Waals surface area contributed by atoms with Crippen LogP contribution in [-0.4, -0.2) is 32.2 Å². The van der Waals surface area contributed by atoms with E-state index in [0.717, 1.165) is 42.7 Å². The Labute approximate surface area is 198 Å². The summed E-state index contributed by atoms with van der Waals surface area (Å²) in [4.78, 5) is 21.8. The molecule has 0 saturated carbocycles. The van der Waals surface area contributed by atoms with Crippen molar-refractivity contribution in [3.05, 3.63) is 81.1 Å². The number of aryl methyl sites for hydroxylation is 1. The minimum absolute atomic E-state index is 0.201. The summed E-state index contributed by atoms with van der Waals surface area (Å²) in [5, 5.41) is 5.18. The van der Waals surface area contributed by atoms with Crippen molar-refractivity contribution in [3.63, 3.8) is 0 Å². The predicted molar refractivity (Wildman–Crippen MR) is 132 cm³/mol. The third kappa shape index (κ3) is 4.79. The minimum atomic E-state index is -0.201. The Morgan fingerprint density at radius 1 is 1.12 bits per heavy atom. The van der Waals surface area contributed by atoms with Gasteiger partial charge in [0.05, 0.1) is 10.7 Å². The summed E-state index contributed by atoms with van der Waals surface area (Å²) in [5.41, 5.74) is 4.11. The van der Waals surface area contributed by atoms with Gasteiger partial charge in [-0.2, -0.15) is 0 Å². The fourth-order valence-electron chi connectivity index (χ4n) is 4.08. The highest BCUT2D eigenvalue weighted by Gasteiger charge is 2.18. The van der Waals surface area contributed by atoms with Crippen molar-refractivity contribution in [2.75, 3.05) is 13.1 Å². The second-order valence-corrected chi connectivity index (χ2v) is 8.04. The Bertz CT molecular complexity index is 1310. The Morgan fingerprint density at radius 3 is 2.70 bits per heavy atom. The maximum Gasteiger partial charge on any atom is 0.259 e. The van der Waals surface area contributed by atoms with Crippen LogP contribution in [0.4, 0.5) is 0 Å². The van der Waals surface area contributed by atoms with Crippen molar-refractivity contribution >= 4 is 22.6 Å². The molecule has 0 fully saturated rings. The Kier molecular flexibility index (Phi) is 7.11. The molecule has 1 N–H and O–H groups in total. The zero-order valence-corrected chi connectivity index (χ0v) is 19.9. The first kappa shape index (κ1) is 23.0. The molecule has 0 unspecified atom stereocenters. The number of nitrogens with zero attached hydrogens (tertiary/aromatic N) is 4. The molecule has 4 aromatic heterocycles. The van der Waals surface area contributed by atoms with Gasteiger partial charge in [0.1, 0.15) is 23.8 Å². The quantitative estimate of drug-likeness (QED) is 0.492. The first-order valence-corrected chi connectivity index (χ1v) is 11.6. The monoisotopic (exact) mass is 465 g/mol. The van der Waals surface area contributed by atoms with Crippen LogP contribution in [0.15, 0.2) is 53.6 Å². The lowest BCUT2D eigenvalue weighted by molar-refractivity contribution is 0.300. The van der Waals surface area contributed by atoms with Crippen LogP contribution < -0.4 is 15.6 Å². The largest absolute Gasteiger partial charge is 0.487 e. The van der Waals surface area contributed by atoms with Gasteiger partial charge in [-0.1, -0.05) is 25.4 Å². The van der Waals surface area contributed by atoms with E-state index in [0.29, 0.717) is 16.6 Å². The van der Waals surface area contributed by atoms with E-state index in [-0.39, 0.29) is 12.2 Å². The first-order chi connectivity index (χ1) is 16.1. The highest BCUT2D eigenvalue weighted by molar-refractivity contribution is 6.30. The number of pyridine rings is 3. The van der Waals surface area contributed by atoms with Crippen LogP contribution in [0.25, 0.3) is 16.9 Å². The standard InChI is InChI=1S/C23H22ClN5O2.C2H6/c1-28-20-7-10-25-9-6-18(20)19-4-5-21(27-23(19)28)29-11-8-17(12-22(29)30)31-14-16-3-2-15(24)13-26-16;1-2/h2-5,8,11-13,25H,6-7,9-10,14H2,1H3;1-2H3. The van der Waals surface area contributed by atoms with Gasteiger partial charge in [0.15, 0.2) is 0 Å². The van der Waals surface area contributed by atoms with Gasteiger partial charge in [0.25, 0.3) is 5.56 Å². The summed E-state index contributed by atoms with van der Waals surface area (Å²) in [5.74, 6) is 1.08. The fraction of sp³-hybridized carbons (Fsp3) is 0.320. The summed E-state index contributed by atoms with van der Waals surface area (Å²) >= 11 is 5.85. The van der Waals surface area contributed by atoms with Gasteiger partial charge in [-0.25, -0.2) is 4.98 Å². The number of rotatable bonds is 4. The second kappa shape index (κ2) is 10.2. The van der Waals surface area contributed by atoms with Crippen LogP contribution in [-0.2, 0) is 26.5 Å². The summed E-state index contributed by atoms with van der Waals surface area (Å²) < 4.78 is 9.40. The van der Waals surface area contributed by atoms with E-state index in [9.17, 15) is 4.79 Å². The molecule has 5 rings (SSSR count). The highest BCUT2D eigenvalue weighted by Crippen LogP contribution is 2.27. The zero-order chi connectivity index (χ0) is 23.4. The molecular weight excluding hydrogens is 438 g/mol. The summed E-state index contributed by atoms with van der Waals surface area (Å²) in [6.45, 7) is 6.20. The summed E-state index contributed by atoms with van der Waals surface area (Å²) in [7, 11) is 2.05. The molecule has 5 heterocycles. The van der Waals surface area contributed by atoms with E-state index < -0.39 is 0 Å². The number of hydrogen-bond donors (Lipinski definition) is 1. The van der Waals surface area contributed by atoms with Crippen LogP contribution in [0.3, 0.4) is 0 Å². The number of halogens is 1. The number of nitrogens with one attached hydrogen (secondary N) is 1. The molecule has 33 heavy (non-hydrogen) atoms. The Balaban J connectivity index is 0.00000126. The molecule has 0 amide bonds. The van der Waals surface area contributed by atoms with Gasteiger partial charge < -0.3 is 14.6 Å². The number of aromatic nitrogens is 4. The maximum atomic E-state index is 12.8. The third-order valence-electron chi connectivity index (χ3n) is 5.66. The maximum absolute atomic E-state index is 12.8. The van der Waals surface area contributed by atoms with Crippen LogP contribution in [0.2, 0.25) is 5.02 Å². The van der Waals surface area contributed by atoms with Crippen molar-refractivity contribution in [2.24, 2.45) is 7.05 Å². The molecular formula is C25H28ClN5O2. The van der Waals surface area contributed by atoms with Crippen molar-refractivity contribution < 1.29 is 4.74 Å². The molecule has 0 aromatic carbocycles. The first-order valence-electron chi connectivity index (χ1n) is 11.2. The fourth-order valence-corrected chi connectivity index (χ4v) is 4.19. The van der Waals surface area contributed by atoms with Crippen molar-refractivity contribution in [1.82, 2.24) is 24.4 Å². The molecule has 0 saturated heterocycles. The van der Waals surface area contributed by atoms with E-state index in [1.807, 2.05) is 27.0 Å². The molecule has 0 aliphatic carbocycles. The third-order valence-corrected chi connectivity index (χ3v) is 5.88. The minimum Gasteiger partial charge on any atom is -0.487 e. The SMILES string of the molecule is CC.Cn1c2c(c3ccc(-n4ccc(OCc5ccc(Cl)cn5)cc4=O)nc31)CCNCC2. The van der Waals surface area contributed by atoms with Crippen molar-refractivity contribution in [2.45, 2.75) is 33.3 Å². The van der Waals surface area contributed by atoms with Gasteiger partial charge in [0, 0.05) is 49.6 Å². The van der Waals surface area contributed by atoms with E-state index in [4.69, 9.17) is 21.3 Å². The zero-order valence-electron chi connectivity index (χ0n) is 19.1. The smallest absolute Gasteiger partial charge is 0.259 e. The molecule has 0 radical (unpaired) electrons. The molecule has 1 aliphatic heterocycles. The van der Waals surface area contributed by atoms with Gasteiger partial charge >= 0.3 is 0 Å². The van der Waals surface area contributed by atoms with Gasteiger partial charge in [-0.15, -0.1) is 0 Å². The lowest BCUT2D eigenvalue weighted by Crippen LogP contribution is -2.18. The number of fused-ring (bicyclic) bond motifs is 3. The van der Waals surface area contributed by atoms with Gasteiger partial charge in [0.2, 0.25) is 0 Å². The highest BCUT2D eigenvalue weighted by atomic mass is 35.5. The number of ether oxygens (including phenoxy) is 1. The topological polar surface area (TPSA) is 74.0 Å². The predicted octanol–water partition coefficient (Wildman–Crippen LogP) is 4.07. The molecule has 0 spiro atoms. The van der Waals surface area contributed by atoms with Gasteiger partial charge in [-0.05, 0) is 48.9 Å². The average Bonchev–Trinajstić information content (AvgIpc) is 2.99. The summed E-state index contributed by atoms with van der Waals surface area (Å²) in [6.07, 6.45) is 5.23. The van der Waals surface area contributed by atoms with E-state index in [1.165, 1.54) is 21.9 Å². The van der Waals surface area contributed by atoms with Crippen LogP contribution in [0.5, 0.6) is 5.75 Å². The second-order valence-electron chi connectivity index (χ2n) is 7.60. The number of hydrogen-bond acceptors (Lipinski definition) is 5. The molecule has 172 valence electrons. The van der Waals surface area contributed by atoms with E-state index in [1.54, 1.807) is 30.6 Å². The normalized spacial score (nSPS) is 13.1. The van der Waals surface area contributed by atoms with Crippen molar-refractivity contribution in [1.29, 1.82) is 0 Å². The molecule has 0 bridgehead atoms. The van der Waals surface area contributed by atoms with E-state index >= 15 is 0 Å².